The number of aliphatic hydroxyl groups is 1. The first-order chi connectivity index (χ1) is 16.9. The number of ether oxygens (including phenoxy) is 3. The van der Waals surface area contributed by atoms with E-state index >= 15 is 0 Å². The van der Waals surface area contributed by atoms with Gasteiger partial charge in [0.15, 0.2) is 11.5 Å². The number of likely N-dealkylation sites (tertiary alicyclic amines) is 1. The lowest BCUT2D eigenvalue weighted by Crippen LogP contribution is -2.29. The van der Waals surface area contributed by atoms with E-state index in [4.69, 9.17) is 18.6 Å². The predicted octanol–water partition coefficient (Wildman–Crippen LogP) is 3.71. The molecule has 0 saturated carbocycles. The van der Waals surface area contributed by atoms with Gasteiger partial charge >= 0.3 is 5.97 Å². The highest BCUT2D eigenvalue weighted by molar-refractivity contribution is 6.46. The van der Waals surface area contributed by atoms with Gasteiger partial charge in [-0.1, -0.05) is 12.1 Å². The van der Waals surface area contributed by atoms with Gasteiger partial charge in [0.25, 0.3) is 11.7 Å². The van der Waals surface area contributed by atoms with Crippen LogP contribution in [0.15, 0.2) is 70.9 Å². The van der Waals surface area contributed by atoms with E-state index in [1.165, 1.54) is 50.7 Å². The predicted molar refractivity (Wildman–Crippen MR) is 124 cm³/mol. The van der Waals surface area contributed by atoms with Crippen molar-refractivity contribution in [2.45, 2.75) is 12.6 Å². The van der Waals surface area contributed by atoms with Crippen LogP contribution in [-0.2, 0) is 20.9 Å². The van der Waals surface area contributed by atoms with Crippen LogP contribution in [-0.4, -0.2) is 49.0 Å². The van der Waals surface area contributed by atoms with Gasteiger partial charge in [0.1, 0.15) is 11.5 Å². The molecule has 0 spiro atoms. The molecule has 35 heavy (non-hydrogen) atoms. The van der Waals surface area contributed by atoms with E-state index in [0.717, 1.165) is 0 Å². The minimum absolute atomic E-state index is 0.00368. The molecular weight excluding hydrogens is 454 g/mol. The van der Waals surface area contributed by atoms with Gasteiger partial charge in [-0.25, -0.2) is 4.79 Å². The molecule has 1 unspecified atom stereocenters. The van der Waals surface area contributed by atoms with Crippen LogP contribution in [0.2, 0.25) is 0 Å². The molecule has 180 valence electrons. The number of esters is 1. The van der Waals surface area contributed by atoms with E-state index in [1.807, 2.05) is 0 Å². The maximum absolute atomic E-state index is 13.2. The molecule has 9 nitrogen and oxygen atoms in total. The average Bonchev–Trinajstić information content (AvgIpc) is 3.49. The normalized spacial score (nSPS) is 16.9. The van der Waals surface area contributed by atoms with Crippen LogP contribution in [0.3, 0.4) is 0 Å². The molecule has 9 heteroatoms. The molecule has 1 aliphatic heterocycles. The molecule has 1 aromatic heterocycles. The van der Waals surface area contributed by atoms with Gasteiger partial charge in [0.05, 0.1) is 51.3 Å². The summed E-state index contributed by atoms with van der Waals surface area (Å²) in [5.41, 5.74) is 0.999. The Bertz CT molecular complexity index is 1290. The van der Waals surface area contributed by atoms with Gasteiger partial charge < -0.3 is 28.6 Å². The standard InChI is InChI=1S/C26H23NO8/c1-32-19-11-10-17(13-20(19)33-2)23(28)21-22(15-6-8-16(9-7-15)26(31)34-3)27(25(30)24(21)29)14-18-5-4-12-35-18/h4-13,22,28H,14H2,1-3H3/b23-21+. The Kier molecular flexibility index (Phi) is 6.59. The van der Waals surface area contributed by atoms with Crippen molar-refractivity contribution in [2.24, 2.45) is 0 Å². The van der Waals surface area contributed by atoms with Crippen molar-refractivity contribution in [3.8, 4) is 11.5 Å². The molecule has 2 heterocycles. The van der Waals surface area contributed by atoms with Gasteiger partial charge in [-0.2, -0.15) is 0 Å². The highest BCUT2D eigenvalue weighted by atomic mass is 16.5. The summed E-state index contributed by atoms with van der Waals surface area (Å²) in [5.74, 6) is -1.26. The lowest BCUT2D eigenvalue weighted by Gasteiger charge is -2.24. The van der Waals surface area contributed by atoms with Gasteiger partial charge in [0.2, 0.25) is 0 Å². The Morgan fingerprint density at radius 2 is 1.66 bits per heavy atom. The summed E-state index contributed by atoms with van der Waals surface area (Å²) < 4.78 is 20.7. The summed E-state index contributed by atoms with van der Waals surface area (Å²) in [6.45, 7) is 0.00368. The van der Waals surface area contributed by atoms with E-state index in [2.05, 4.69) is 0 Å². The topological polar surface area (TPSA) is 116 Å². The fourth-order valence-electron chi connectivity index (χ4n) is 4.02. The first-order valence-electron chi connectivity index (χ1n) is 10.6. The summed E-state index contributed by atoms with van der Waals surface area (Å²) >= 11 is 0. The number of rotatable bonds is 7. The van der Waals surface area contributed by atoms with E-state index in [1.54, 1.807) is 36.4 Å². The van der Waals surface area contributed by atoms with Crippen molar-refractivity contribution in [3.05, 3.63) is 88.9 Å². The van der Waals surface area contributed by atoms with Crippen LogP contribution >= 0.6 is 0 Å². The van der Waals surface area contributed by atoms with Gasteiger partial charge in [-0.05, 0) is 48.0 Å². The van der Waals surface area contributed by atoms with Crippen LogP contribution < -0.4 is 9.47 Å². The summed E-state index contributed by atoms with van der Waals surface area (Å²) in [6.07, 6.45) is 1.47. The van der Waals surface area contributed by atoms with Crippen LogP contribution in [0, 0.1) is 0 Å². The van der Waals surface area contributed by atoms with Gasteiger partial charge in [-0.15, -0.1) is 0 Å². The molecule has 1 amide bonds. The number of carbonyl (C=O) groups is 3. The van der Waals surface area contributed by atoms with E-state index < -0.39 is 23.7 Å². The zero-order chi connectivity index (χ0) is 25.1. The number of nitrogens with zero attached hydrogens (tertiary/aromatic N) is 1. The minimum atomic E-state index is -0.931. The molecule has 1 atom stereocenters. The zero-order valence-electron chi connectivity index (χ0n) is 19.3. The molecule has 1 fully saturated rings. The quantitative estimate of drug-likeness (QED) is 0.237. The number of hydrogen-bond donors (Lipinski definition) is 1. The minimum Gasteiger partial charge on any atom is -0.507 e. The molecule has 1 saturated heterocycles. The highest BCUT2D eigenvalue weighted by Gasteiger charge is 2.46. The third-order valence-corrected chi connectivity index (χ3v) is 5.75. The van der Waals surface area contributed by atoms with Gasteiger partial charge in [0, 0.05) is 5.56 Å². The first kappa shape index (κ1) is 23.6. The monoisotopic (exact) mass is 477 g/mol. The Hall–Kier alpha value is -4.53. The number of amides is 1. The molecule has 1 aliphatic rings. The molecule has 4 rings (SSSR count). The molecular formula is C26H23NO8. The highest BCUT2D eigenvalue weighted by Crippen LogP contribution is 2.41. The number of hydrogen-bond acceptors (Lipinski definition) is 8. The van der Waals surface area contributed by atoms with Crippen molar-refractivity contribution in [2.75, 3.05) is 21.3 Å². The molecule has 0 radical (unpaired) electrons. The van der Waals surface area contributed by atoms with Crippen molar-refractivity contribution in [1.29, 1.82) is 0 Å². The molecule has 0 aliphatic carbocycles. The van der Waals surface area contributed by atoms with Crippen LogP contribution in [0.5, 0.6) is 11.5 Å². The van der Waals surface area contributed by atoms with Crippen LogP contribution in [0.25, 0.3) is 5.76 Å². The number of ketones is 1. The van der Waals surface area contributed by atoms with Crippen LogP contribution in [0.1, 0.15) is 33.3 Å². The van der Waals surface area contributed by atoms with Crippen molar-refractivity contribution < 1.29 is 38.1 Å². The summed E-state index contributed by atoms with van der Waals surface area (Å²) in [6, 6.07) is 13.4. The van der Waals surface area contributed by atoms with Crippen molar-refractivity contribution in [3.63, 3.8) is 0 Å². The number of carbonyl (C=O) groups excluding carboxylic acids is 3. The second-order valence-electron chi connectivity index (χ2n) is 7.69. The van der Waals surface area contributed by atoms with Crippen molar-refractivity contribution in [1.82, 2.24) is 4.90 Å². The summed E-state index contributed by atoms with van der Waals surface area (Å²) in [7, 11) is 4.21. The van der Waals surface area contributed by atoms with E-state index in [-0.39, 0.29) is 23.4 Å². The van der Waals surface area contributed by atoms with Crippen LogP contribution in [0.4, 0.5) is 0 Å². The maximum Gasteiger partial charge on any atom is 0.337 e. The molecule has 3 aromatic rings. The largest absolute Gasteiger partial charge is 0.507 e. The molecule has 2 aromatic carbocycles. The number of furan rings is 1. The Morgan fingerprint density at radius 1 is 0.971 bits per heavy atom. The third-order valence-electron chi connectivity index (χ3n) is 5.75. The number of aliphatic hydroxyl groups excluding tert-OH is 1. The fourth-order valence-corrected chi connectivity index (χ4v) is 4.02. The number of benzene rings is 2. The fraction of sp³-hybridized carbons (Fsp3) is 0.192. The third kappa shape index (κ3) is 4.35. The second-order valence-corrected chi connectivity index (χ2v) is 7.69. The lowest BCUT2D eigenvalue weighted by atomic mass is 9.94. The number of Topliss-reactive ketones (excluding diaryl/α,β-unsaturated/α-hetero) is 1. The molecule has 1 N–H and O–H groups in total. The Labute approximate surface area is 201 Å². The Morgan fingerprint density at radius 3 is 2.26 bits per heavy atom. The SMILES string of the molecule is COC(=O)c1ccc(C2/C(=C(\O)c3ccc(OC)c(OC)c3)C(=O)C(=O)N2Cc2ccco2)cc1. The zero-order valence-corrected chi connectivity index (χ0v) is 19.3. The van der Waals surface area contributed by atoms with E-state index in [0.29, 0.717) is 28.4 Å². The molecule has 0 bridgehead atoms. The van der Waals surface area contributed by atoms with Gasteiger partial charge in [-0.3, -0.25) is 9.59 Å². The lowest BCUT2D eigenvalue weighted by molar-refractivity contribution is -0.140. The summed E-state index contributed by atoms with van der Waals surface area (Å²) in [5, 5.41) is 11.2. The average molecular weight is 477 g/mol. The summed E-state index contributed by atoms with van der Waals surface area (Å²) in [4.78, 5) is 39.4. The number of methoxy groups -OCH3 is 3. The smallest absolute Gasteiger partial charge is 0.337 e. The maximum atomic E-state index is 13.2. The second kappa shape index (κ2) is 9.76. The van der Waals surface area contributed by atoms with E-state index in [9.17, 15) is 19.5 Å². The first-order valence-corrected chi connectivity index (χ1v) is 10.6. The van der Waals surface area contributed by atoms with Crippen molar-refractivity contribution >= 4 is 23.4 Å². The Balaban J connectivity index is 1.85.